The van der Waals surface area contributed by atoms with Gasteiger partial charge in [0.1, 0.15) is 0 Å². The summed E-state index contributed by atoms with van der Waals surface area (Å²) in [7, 11) is 2.28. The maximum Gasteiger partial charge on any atom is 0.0269 e. The quantitative estimate of drug-likeness (QED) is 0.741. The van der Waals surface area contributed by atoms with Crippen LogP contribution in [-0.4, -0.2) is 36.6 Å². The average Bonchev–Trinajstić information content (AvgIpc) is 2.87. The third kappa shape index (κ3) is 2.29. The molecule has 2 unspecified atom stereocenters. The lowest BCUT2D eigenvalue weighted by atomic mass is 9.88. The molecular weight excluding hydrogens is 172 g/mol. The minimum absolute atomic E-state index is 0.751. The van der Waals surface area contributed by atoms with Crippen molar-refractivity contribution in [3.05, 3.63) is 0 Å². The highest BCUT2D eigenvalue weighted by Crippen LogP contribution is 2.27. The van der Waals surface area contributed by atoms with Crippen LogP contribution in [0.15, 0.2) is 0 Å². The fraction of sp³-hybridized carbons (Fsp3) is 1.00. The van der Waals surface area contributed by atoms with Crippen LogP contribution in [0.3, 0.4) is 0 Å². The van der Waals surface area contributed by atoms with Gasteiger partial charge in [-0.25, -0.2) is 0 Å². The van der Waals surface area contributed by atoms with Crippen molar-refractivity contribution in [2.24, 2.45) is 5.92 Å². The molecule has 0 amide bonds. The molecule has 0 aromatic carbocycles. The van der Waals surface area contributed by atoms with Gasteiger partial charge in [0.25, 0.3) is 0 Å². The second-order valence-electron chi connectivity index (χ2n) is 5.40. The van der Waals surface area contributed by atoms with E-state index in [1.807, 2.05) is 0 Å². The summed E-state index contributed by atoms with van der Waals surface area (Å²) in [5.74, 6) is 0.775. The molecule has 14 heavy (non-hydrogen) atoms. The van der Waals surface area contributed by atoms with Crippen LogP contribution in [0.1, 0.15) is 39.5 Å². The number of hydrogen-bond acceptors (Lipinski definition) is 2. The highest BCUT2D eigenvalue weighted by Gasteiger charge is 2.34. The summed E-state index contributed by atoms with van der Waals surface area (Å²) >= 11 is 0. The number of rotatable bonds is 3. The smallest absolute Gasteiger partial charge is 0.0269 e. The number of likely N-dealkylation sites (N-methyl/N-ethyl adjacent to an activating group) is 1. The Kier molecular flexibility index (Phi) is 3.13. The summed E-state index contributed by atoms with van der Waals surface area (Å²) in [5, 5.41) is 3.81. The summed E-state index contributed by atoms with van der Waals surface area (Å²) in [6.45, 7) is 5.99. The number of nitrogens with zero attached hydrogens (tertiary/aromatic N) is 1. The van der Waals surface area contributed by atoms with Gasteiger partial charge >= 0.3 is 0 Å². The molecule has 1 aliphatic carbocycles. The summed E-state index contributed by atoms with van der Waals surface area (Å²) in [6.07, 6.45) is 5.56. The molecule has 0 spiro atoms. The molecule has 0 aromatic rings. The van der Waals surface area contributed by atoms with E-state index in [2.05, 4.69) is 31.1 Å². The first-order chi connectivity index (χ1) is 6.68. The SMILES string of the molecule is CC(C)C1C(NC2CC2)CCCN1C. The van der Waals surface area contributed by atoms with Crippen LogP contribution in [-0.2, 0) is 0 Å². The van der Waals surface area contributed by atoms with Crippen LogP contribution < -0.4 is 5.32 Å². The van der Waals surface area contributed by atoms with E-state index in [1.54, 1.807) is 0 Å². The molecule has 82 valence electrons. The Labute approximate surface area is 88.1 Å². The molecule has 2 rings (SSSR count). The Morgan fingerprint density at radius 1 is 1.21 bits per heavy atom. The Bertz CT molecular complexity index is 187. The molecular formula is C12H24N2. The van der Waals surface area contributed by atoms with Crippen LogP contribution in [0.25, 0.3) is 0 Å². The normalized spacial score (nSPS) is 35.1. The van der Waals surface area contributed by atoms with E-state index in [-0.39, 0.29) is 0 Å². The van der Waals surface area contributed by atoms with Gasteiger partial charge in [-0.3, -0.25) is 0 Å². The lowest BCUT2D eigenvalue weighted by Gasteiger charge is -2.42. The minimum Gasteiger partial charge on any atom is -0.310 e. The Morgan fingerprint density at radius 2 is 1.93 bits per heavy atom. The van der Waals surface area contributed by atoms with Crippen LogP contribution in [0.4, 0.5) is 0 Å². The Balaban J connectivity index is 1.95. The van der Waals surface area contributed by atoms with Gasteiger partial charge in [0.2, 0.25) is 0 Å². The average molecular weight is 196 g/mol. The molecule has 1 heterocycles. The predicted molar refractivity (Wildman–Crippen MR) is 60.4 cm³/mol. The molecule has 1 aliphatic heterocycles. The topological polar surface area (TPSA) is 15.3 Å². The van der Waals surface area contributed by atoms with E-state index >= 15 is 0 Å². The Hall–Kier alpha value is -0.0800. The zero-order valence-electron chi connectivity index (χ0n) is 9.79. The Morgan fingerprint density at radius 3 is 2.50 bits per heavy atom. The van der Waals surface area contributed by atoms with Crippen molar-refractivity contribution >= 4 is 0 Å². The maximum absolute atomic E-state index is 3.81. The third-order valence-corrected chi connectivity index (χ3v) is 3.66. The maximum atomic E-state index is 3.81. The molecule has 2 nitrogen and oxygen atoms in total. The van der Waals surface area contributed by atoms with Gasteiger partial charge in [-0.2, -0.15) is 0 Å². The molecule has 1 saturated carbocycles. The van der Waals surface area contributed by atoms with Gasteiger partial charge in [0, 0.05) is 18.1 Å². The van der Waals surface area contributed by atoms with E-state index in [1.165, 1.54) is 32.2 Å². The van der Waals surface area contributed by atoms with Crippen molar-refractivity contribution in [2.75, 3.05) is 13.6 Å². The van der Waals surface area contributed by atoms with Crippen molar-refractivity contribution in [3.8, 4) is 0 Å². The number of piperidine rings is 1. The first-order valence-corrected chi connectivity index (χ1v) is 6.15. The fourth-order valence-electron chi connectivity index (χ4n) is 2.90. The van der Waals surface area contributed by atoms with Gasteiger partial charge < -0.3 is 10.2 Å². The van der Waals surface area contributed by atoms with E-state index in [4.69, 9.17) is 0 Å². The van der Waals surface area contributed by atoms with Gasteiger partial charge in [-0.15, -0.1) is 0 Å². The van der Waals surface area contributed by atoms with Gasteiger partial charge in [-0.1, -0.05) is 13.8 Å². The summed E-state index contributed by atoms with van der Waals surface area (Å²) in [6, 6.07) is 2.36. The van der Waals surface area contributed by atoms with Crippen LogP contribution in [0.2, 0.25) is 0 Å². The van der Waals surface area contributed by atoms with E-state index in [9.17, 15) is 0 Å². The second-order valence-corrected chi connectivity index (χ2v) is 5.40. The summed E-state index contributed by atoms with van der Waals surface area (Å²) < 4.78 is 0. The molecule has 2 atom stereocenters. The number of hydrogen-bond donors (Lipinski definition) is 1. The predicted octanol–water partition coefficient (Wildman–Crippen LogP) is 1.86. The molecule has 2 aliphatic rings. The number of nitrogens with one attached hydrogen (secondary N) is 1. The largest absolute Gasteiger partial charge is 0.310 e. The number of likely N-dealkylation sites (tertiary alicyclic amines) is 1. The van der Waals surface area contributed by atoms with Crippen LogP contribution in [0, 0.1) is 5.92 Å². The molecule has 0 aromatic heterocycles. The van der Waals surface area contributed by atoms with E-state index in [0.29, 0.717) is 0 Å². The zero-order chi connectivity index (χ0) is 10.1. The zero-order valence-corrected chi connectivity index (χ0v) is 9.79. The first kappa shape index (κ1) is 10.4. The molecule has 2 heteroatoms. The van der Waals surface area contributed by atoms with Gasteiger partial charge in [-0.05, 0) is 45.2 Å². The third-order valence-electron chi connectivity index (χ3n) is 3.66. The molecule has 2 fully saturated rings. The van der Waals surface area contributed by atoms with E-state index < -0.39 is 0 Å². The highest BCUT2D eigenvalue weighted by molar-refractivity contribution is 4.94. The standard InChI is InChI=1S/C12H24N2/c1-9(2)12-11(13-10-6-7-10)5-4-8-14(12)3/h9-13H,4-8H2,1-3H3. The van der Waals surface area contributed by atoms with Crippen LogP contribution >= 0.6 is 0 Å². The molecule has 1 N–H and O–H groups in total. The summed E-state index contributed by atoms with van der Waals surface area (Å²) in [5.41, 5.74) is 0. The van der Waals surface area contributed by atoms with Crippen molar-refractivity contribution in [1.82, 2.24) is 10.2 Å². The first-order valence-electron chi connectivity index (χ1n) is 6.15. The van der Waals surface area contributed by atoms with Crippen molar-refractivity contribution in [2.45, 2.75) is 57.7 Å². The van der Waals surface area contributed by atoms with Crippen molar-refractivity contribution < 1.29 is 0 Å². The van der Waals surface area contributed by atoms with Crippen molar-refractivity contribution in [1.29, 1.82) is 0 Å². The second kappa shape index (κ2) is 4.19. The van der Waals surface area contributed by atoms with Gasteiger partial charge in [0.15, 0.2) is 0 Å². The highest BCUT2D eigenvalue weighted by atomic mass is 15.2. The minimum atomic E-state index is 0.751. The van der Waals surface area contributed by atoms with Gasteiger partial charge in [0.05, 0.1) is 0 Å². The van der Waals surface area contributed by atoms with Crippen LogP contribution in [0.5, 0.6) is 0 Å². The fourth-order valence-corrected chi connectivity index (χ4v) is 2.90. The molecule has 0 bridgehead atoms. The lowest BCUT2D eigenvalue weighted by molar-refractivity contribution is 0.103. The van der Waals surface area contributed by atoms with E-state index in [0.717, 1.165) is 24.0 Å². The van der Waals surface area contributed by atoms with Crippen molar-refractivity contribution in [3.63, 3.8) is 0 Å². The summed E-state index contributed by atoms with van der Waals surface area (Å²) in [4.78, 5) is 2.55. The monoisotopic (exact) mass is 196 g/mol. The molecule has 1 saturated heterocycles. The lowest BCUT2D eigenvalue weighted by Crippen LogP contribution is -2.55. The molecule has 0 radical (unpaired) electrons.